The molecule has 5 rings (SSSR count). The molecule has 15 nitrogen and oxygen atoms in total. The summed E-state index contributed by atoms with van der Waals surface area (Å²) < 4.78 is 24.3. The maximum absolute atomic E-state index is 13.8. The zero-order valence-electron chi connectivity index (χ0n) is 36.2. The fourth-order valence-corrected chi connectivity index (χ4v) is 6.10. The minimum atomic E-state index is -1.20. The van der Waals surface area contributed by atoms with Crippen molar-refractivity contribution < 1.29 is 42.9 Å². The van der Waals surface area contributed by atoms with Gasteiger partial charge < -0.3 is 44.8 Å². The van der Waals surface area contributed by atoms with E-state index in [1.54, 1.807) is 62.1 Å². The third-order valence-corrected chi connectivity index (χ3v) is 9.39. The molecule has 0 saturated carbocycles. The summed E-state index contributed by atoms with van der Waals surface area (Å²) in [6.07, 6.45) is 2.40. The van der Waals surface area contributed by atoms with Gasteiger partial charge in [0.2, 0.25) is 17.7 Å². The normalized spacial score (nSPS) is 13.0. The molecule has 63 heavy (non-hydrogen) atoms. The van der Waals surface area contributed by atoms with E-state index in [1.807, 2.05) is 91.0 Å². The summed E-state index contributed by atoms with van der Waals surface area (Å²) in [5, 5.41) is 10.7. The molecule has 4 atom stereocenters. The van der Waals surface area contributed by atoms with Gasteiger partial charge >= 0.3 is 12.1 Å². The fourth-order valence-electron chi connectivity index (χ4n) is 6.10. The molecule has 332 valence electrons. The molecule has 0 aliphatic heterocycles. The van der Waals surface area contributed by atoms with Gasteiger partial charge in [0.25, 0.3) is 0 Å². The first-order valence-electron chi connectivity index (χ1n) is 20.7. The molecule has 0 aliphatic rings. The third-order valence-electron chi connectivity index (χ3n) is 9.39. The van der Waals surface area contributed by atoms with Crippen molar-refractivity contribution in [3.8, 4) is 5.75 Å². The Kier molecular flexibility index (Phi) is 17.4. The summed E-state index contributed by atoms with van der Waals surface area (Å²) >= 11 is 0. The molecule has 1 aromatic heterocycles. The van der Waals surface area contributed by atoms with Gasteiger partial charge in [0, 0.05) is 19.0 Å². The Morgan fingerprint density at radius 1 is 0.603 bits per heavy atom. The number of esters is 1. The Morgan fingerprint density at radius 2 is 1.14 bits per heavy atom. The van der Waals surface area contributed by atoms with Crippen molar-refractivity contribution in [1.29, 1.82) is 0 Å². The number of ether oxygens (including phenoxy) is 4. The lowest BCUT2D eigenvalue weighted by molar-refractivity contribution is -0.148. The highest BCUT2D eigenvalue weighted by Gasteiger charge is 2.31. The van der Waals surface area contributed by atoms with Crippen molar-refractivity contribution >= 4 is 29.8 Å². The number of nitrogens with zero attached hydrogens (tertiary/aromatic N) is 2. The number of nitrogens with one attached hydrogen (secondary N) is 4. The topological polar surface area (TPSA) is 188 Å². The van der Waals surface area contributed by atoms with Crippen molar-refractivity contribution in [3.63, 3.8) is 0 Å². The van der Waals surface area contributed by atoms with Crippen molar-refractivity contribution in [3.05, 3.63) is 156 Å². The Labute approximate surface area is 367 Å². The first-order chi connectivity index (χ1) is 30.2. The van der Waals surface area contributed by atoms with Gasteiger partial charge in [-0.25, -0.2) is 14.6 Å². The number of hydrogen-bond acceptors (Lipinski definition) is 10. The van der Waals surface area contributed by atoms with Gasteiger partial charge in [-0.2, -0.15) is 0 Å². The summed E-state index contributed by atoms with van der Waals surface area (Å²) in [5.41, 5.74) is 3.10. The number of carbonyl (C=O) groups is 5. The van der Waals surface area contributed by atoms with E-state index in [0.717, 1.165) is 16.7 Å². The van der Waals surface area contributed by atoms with E-state index >= 15 is 0 Å². The summed E-state index contributed by atoms with van der Waals surface area (Å²) in [6, 6.07) is 31.0. The molecule has 0 aliphatic carbocycles. The molecule has 4 N–H and O–H groups in total. The van der Waals surface area contributed by atoms with E-state index in [9.17, 15) is 24.0 Å². The SMILES string of the molecule is C[C@@H](NC(=O)[C@H](Cc1cn(COCc2ccccc2)cn1)NC(=O)OC(C)(C)C)C(=O)N[C@@H](Cc1ccc(OCc2ccccc2)cc1)C(=O)N[C@H](C)C(=O)OCc1ccccc1. The minimum absolute atomic E-state index is 0.0186. The van der Waals surface area contributed by atoms with Gasteiger partial charge in [0.1, 0.15) is 55.5 Å². The monoisotopic (exact) mass is 860 g/mol. The first kappa shape index (κ1) is 47.1. The number of aromatic nitrogens is 2. The lowest BCUT2D eigenvalue weighted by Gasteiger charge is -2.25. The molecule has 1 heterocycles. The van der Waals surface area contributed by atoms with Crippen LogP contribution < -0.4 is 26.0 Å². The van der Waals surface area contributed by atoms with E-state index in [-0.39, 0.29) is 26.2 Å². The average Bonchev–Trinajstić information content (AvgIpc) is 3.71. The average molecular weight is 861 g/mol. The molecule has 0 spiro atoms. The Balaban J connectivity index is 1.24. The van der Waals surface area contributed by atoms with Crippen molar-refractivity contribution in [2.75, 3.05) is 0 Å². The number of imidazole rings is 1. The Hall–Kier alpha value is -7.00. The summed E-state index contributed by atoms with van der Waals surface area (Å²) in [7, 11) is 0. The largest absolute Gasteiger partial charge is 0.489 e. The second-order valence-corrected chi connectivity index (χ2v) is 16.0. The number of hydrogen-bond donors (Lipinski definition) is 4. The van der Waals surface area contributed by atoms with Gasteiger partial charge in [0.05, 0.1) is 18.6 Å². The highest BCUT2D eigenvalue weighted by Crippen LogP contribution is 2.16. The van der Waals surface area contributed by atoms with Crippen LogP contribution in [0.3, 0.4) is 0 Å². The first-order valence-corrected chi connectivity index (χ1v) is 20.7. The predicted octanol–water partition coefficient (Wildman–Crippen LogP) is 5.55. The highest BCUT2D eigenvalue weighted by molar-refractivity contribution is 5.94. The molecule has 0 saturated heterocycles. The molecule has 4 aromatic carbocycles. The zero-order chi connectivity index (χ0) is 45.2. The van der Waals surface area contributed by atoms with Crippen LogP contribution in [0.15, 0.2) is 128 Å². The molecule has 15 heteroatoms. The van der Waals surface area contributed by atoms with Crippen LogP contribution in [0.25, 0.3) is 0 Å². The molecular weight excluding hydrogens is 805 g/mol. The standard InChI is InChI=1S/C48H56N6O9/c1-33(50-45(57)42(53-47(59)63-48(3,4)5)26-39-27-54(31-49-39)32-60-28-36-15-9-6-10-16-36)43(55)52-41(44(56)51-34(2)46(58)62-30-38-19-13-8-14-20-38)25-35-21-23-40(24-22-35)61-29-37-17-11-7-12-18-37/h6-24,27,31,33-34,41-42H,25-26,28-30,32H2,1-5H3,(H,50,57)(H,51,56)(H,52,55)(H,53,59)/t33-,34-,41+,42+/m1/s1. The van der Waals surface area contributed by atoms with Crippen molar-refractivity contribution in [2.24, 2.45) is 0 Å². The molecule has 0 fully saturated rings. The van der Waals surface area contributed by atoms with Crippen LogP contribution in [0.2, 0.25) is 0 Å². The number of alkyl carbamates (subject to hydrolysis) is 1. The highest BCUT2D eigenvalue weighted by atomic mass is 16.6. The smallest absolute Gasteiger partial charge is 0.408 e. The summed E-state index contributed by atoms with van der Waals surface area (Å²) in [6.45, 7) is 9.00. The lowest BCUT2D eigenvalue weighted by Crippen LogP contribution is -2.57. The second kappa shape index (κ2) is 23.3. The van der Waals surface area contributed by atoms with Crippen molar-refractivity contribution in [2.45, 2.75) is 104 Å². The minimum Gasteiger partial charge on any atom is -0.489 e. The summed E-state index contributed by atoms with van der Waals surface area (Å²) in [4.78, 5) is 71.6. The fraction of sp³-hybridized carbons (Fsp3) is 0.333. The summed E-state index contributed by atoms with van der Waals surface area (Å²) in [5.74, 6) is -2.09. The number of amides is 4. The lowest BCUT2D eigenvalue weighted by atomic mass is 10.0. The van der Waals surface area contributed by atoms with Crippen LogP contribution in [0.1, 0.15) is 62.6 Å². The molecule has 5 aromatic rings. The van der Waals surface area contributed by atoms with Gasteiger partial charge in [-0.1, -0.05) is 103 Å². The molecular formula is C48H56N6O9. The number of rotatable bonds is 21. The van der Waals surface area contributed by atoms with E-state index < -0.39 is 59.6 Å². The van der Waals surface area contributed by atoms with Crippen LogP contribution in [-0.2, 0) is 72.8 Å². The van der Waals surface area contributed by atoms with Gasteiger partial charge in [-0.15, -0.1) is 0 Å². The quantitative estimate of drug-likeness (QED) is 0.0682. The molecule has 0 bridgehead atoms. The van der Waals surface area contributed by atoms with Gasteiger partial charge in [-0.3, -0.25) is 14.4 Å². The van der Waals surface area contributed by atoms with Gasteiger partial charge in [0.15, 0.2) is 0 Å². The van der Waals surface area contributed by atoms with E-state index in [0.29, 0.717) is 30.2 Å². The van der Waals surface area contributed by atoms with Crippen LogP contribution in [-0.4, -0.2) is 69.1 Å². The van der Waals surface area contributed by atoms with Crippen LogP contribution in [0.5, 0.6) is 5.75 Å². The van der Waals surface area contributed by atoms with Gasteiger partial charge in [-0.05, 0) is 69.0 Å². The second-order valence-electron chi connectivity index (χ2n) is 16.0. The molecule has 4 amide bonds. The van der Waals surface area contributed by atoms with Crippen LogP contribution in [0, 0.1) is 0 Å². The maximum Gasteiger partial charge on any atom is 0.408 e. The van der Waals surface area contributed by atoms with Crippen molar-refractivity contribution in [1.82, 2.24) is 30.8 Å². The van der Waals surface area contributed by atoms with E-state index in [2.05, 4.69) is 26.3 Å². The molecule has 0 unspecified atom stereocenters. The van der Waals surface area contributed by atoms with Crippen LogP contribution >= 0.6 is 0 Å². The Morgan fingerprint density at radius 3 is 1.73 bits per heavy atom. The zero-order valence-corrected chi connectivity index (χ0v) is 36.2. The maximum atomic E-state index is 13.8. The van der Waals surface area contributed by atoms with E-state index in [1.165, 1.54) is 13.8 Å². The van der Waals surface area contributed by atoms with E-state index in [4.69, 9.17) is 18.9 Å². The van der Waals surface area contributed by atoms with Crippen LogP contribution in [0.4, 0.5) is 4.79 Å². The number of carbonyl (C=O) groups excluding carboxylic acids is 5. The molecule has 0 radical (unpaired) electrons. The number of benzene rings is 4. The predicted molar refractivity (Wildman–Crippen MR) is 235 cm³/mol. The third kappa shape index (κ3) is 16.4. The Bertz CT molecular complexity index is 2230.